The van der Waals surface area contributed by atoms with Crippen LogP contribution in [0.5, 0.6) is 0 Å². The number of rotatable bonds is 13. The van der Waals surface area contributed by atoms with Crippen LogP contribution in [-0.2, 0) is 24.0 Å². The van der Waals surface area contributed by atoms with Crippen molar-refractivity contribution in [3.05, 3.63) is 0 Å². The van der Waals surface area contributed by atoms with Crippen LogP contribution in [0.25, 0.3) is 0 Å². The molecule has 0 aliphatic heterocycles. The molecule has 0 heterocycles. The summed E-state index contributed by atoms with van der Waals surface area (Å²) in [7, 11) is 0. The first-order valence-electron chi connectivity index (χ1n) is 7.79. The van der Waals surface area contributed by atoms with Crippen LogP contribution in [0.3, 0.4) is 0 Å². The topological polar surface area (TPSA) is 188 Å². The Morgan fingerprint density at radius 2 is 1.70 bits per heavy atom. The lowest BCUT2D eigenvalue weighted by Crippen LogP contribution is -2.54. The van der Waals surface area contributed by atoms with Gasteiger partial charge in [-0.3, -0.25) is 19.2 Å². The van der Waals surface area contributed by atoms with Crippen LogP contribution in [-0.4, -0.2) is 82.3 Å². The van der Waals surface area contributed by atoms with Crippen molar-refractivity contribution >= 4 is 54.1 Å². The van der Waals surface area contributed by atoms with Crippen molar-refractivity contribution in [2.24, 2.45) is 5.73 Å². The van der Waals surface area contributed by atoms with Gasteiger partial charge in [0.05, 0.1) is 19.0 Å². The maximum atomic E-state index is 12.1. The monoisotopic (exact) mass is 424 g/mol. The van der Waals surface area contributed by atoms with E-state index in [2.05, 4.69) is 28.6 Å². The van der Waals surface area contributed by atoms with Gasteiger partial charge in [-0.15, -0.1) is 0 Å². The van der Waals surface area contributed by atoms with Gasteiger partial charge in [0.2, 0.25) is 17.7 Å². The average Bonchev–Trinajstić information content (AvgIpc) is 2.60. The van der Waals surface area contributed by atoms with Gasteiger partial charge in [-0.25, -0.2) is 4.79 Å². The molecule has 11 nitrogen and oxygen atoms in total. The van der Waals surface area contributed by atoms with Gasteiger partial charge in [0.15, 0.2) is 0 Å². The summed E-state index contributed by atoms with van der Waals surface area (Å²) in [5.74, 6) is -4.56. The maximum Gasteiger partial charge on any atom is 0.327 e. The quantitative estimate of drug-likeness (QED) is 0.159. The standard InChI is InChI=1S/C14H24N4O7S2/c1-27-3-2-7(15)12(22)18-8(4-11(20)21)13(23)16-5-10(19)17-9(6-26)14(24)25/h7-9,26H,2-6,15H2,1H3,(H,16,23)(H,17,19)(H,18,22)(H,20,21)(H,24,25)/t7-,8-,9-/m0/s1. The van der Waals surface area contributed by atoms with Crippen molar-refractivity contribution in [1.29, 1.82) is 0 Å². The number of aliphatic carboxylic acids is 2. The van der Waals surface area contributed by atoms with Crippen LogP contribution in [0.15, 0.2) is 0 Å². The van der Waals surface area contributed by atoms with Crippen LogP contribution in [0.2, 0.25) is 0 Å². The minimum atomic E-state index is -1.43. The fraction of sp³-hybridized carbons (Fsp3) is 0.643. The molecule has 0 aromatic heterocycles. The SMILES string of the molecule is CSCC[C@H](N)C(=O)N[C@@H](CC(=O)O)C(=O)NCC(=O)N[C@@H](CS)C(=O)O. The van der Waals surface area contributed by atoms with Crippen molar-refractivity contribution in [3.63, 3.8) is 0 Å². The molecular weight excluding hydrogens is 400 g/mol. The van der Waals surface area contributed by atoms with E-state index in [0.717, 1.165) is 0 Å². The van der Waals surface area contributed by atoms with Gasteiger partial charge in [-0.1, -0.05) is 0 Å². The van der Waals surface area contributed by atoms with Crippen molar-refractivity contribution in [1.82, 2.24) is 16.0 Å². The molecule has 0 aromatic rings. The smallest absolute Gasteiger partial charge is 0.327 e. The van der Waals surface area contributed by atoms with Crippen LogP contribution in [0.1, 0.15) is 12.8 Å². The Morgan fingerprint density at radius 1 is 1.07 bits per heavy atom. The Labute approximate surface area is 165 Å². The number of carbonyl (C=O) groups excluding carboxylic acids is 3. The summed E-state index contributed by atoms with van der Waals surface area (Å²) in [5, 5.41) is 24.2. The highest BCUT2D eigenvalue weighted by Crippen LogP contribution is 2.01. The predicted octanol–water partition coefficient (Wildman–Crippen LogP) is -2.36. The molecule has 0 radical (unpaired) electrons. The molecule has 0 saturated carbocycles. The molecule has 7 N–H and O–H groups in total. The van der Waals surface area contributed by atoms with Gasteiger partial charge in [0, 0.05) is 5.75 Å². The molecule has 27 heavy (non-hydrogen) atoms. The fourth-order valence-electron chi connectivity index (χ4n) is 1.76. The van der Waals surface area contributed by atoms with Gasteiger partial charge < -0.3 is 31.9 Å². The van der Waals surface area contributed by atoms with Crippen LogP contribution < -0.4 is 21.7 Å². The molecule has 0 spiro atoms. The minimum Gasteiger partial charge on any atom is -0.481 e. The summed E-state index contributed by atoms with van der Waals surface area (Å²) in [6.07, 6.45) is 1.47. The third-order valence-electron chi connectivity index (χ3n) is 3.22. The van der Waals surface area contributed by atoms with E-state index in [1.54, 1.807) is 0 Å². The van der Waals surface area contributed by atoms with Gasteiger partial charge in [0.1, 0.15) is 12.1 Å². The summed E-state index contributed by atoms with van der Waals surface area (Å²) in [4.78, 5) is 57.5. The number of thiol groups is 1. The first-order chi connectivity index (χ1) is 12.6. The Bertz CT molecular complexity index is 562. The largest absolute Gasteiger partial charge is 0.481 e. The van der Waals surface area contributed by atoms with E-state index < -0.39 is 60.8 Å². The zero-order valence-corrected chi connectivity index (χ0v) is 16.3. The molecule has 3 atom stereocenters. The summed E-state index contributed by atoms with van der Waals surface area (Å²) in [6, 6.07) is -3.57. The predicted molar refractivity (Wildman–Crippen MR) is 102 cm³/mol. The summed E-state index contributed by atoms with van der Waals surface area (Å²) in [5.41, 5.74) is 5.67. The van der Waals surface area contributed by atoms with Crippen molar-refractivity contribution < 1.29 is 34.2 Å². The summed E-state index contributed by atoms with van der Waals surface area (Å²) >= 11 is 5.26. The fourth-order valence-corrected chi connectivity index (χ4v) is 2.50. The lowest BCUT2D eigenvalue weighted by Gasteiger charge is -2.19. The molecule has 13 heteroatoms. The summed E-state index contributed by atoms with van der Waals surface area (Å²) < 4.78 is 0. The molecule has 0 bridgehead atoms. The highest BCUT2D eigenvalue weighted by Gasteiger charge is 2.26. The lowest BCUT2D eigenvalue weighted by molar-refractivity contribution is -0.142. The first kappa shape index (κ1) is 25.0. The normalized spacial score (nSPS) is 13.7. The van der Waals surface area contributed by atoms with E-state index >= 15 is 0 Å². The molecule has 0 saturated heterocycles. The zero-order chi connectivity index (χ0) is 21.0. The van der Waals surface area contributed by atoms with Gasteiger partial charge in [-0.05, 0) is 18.4 Å². The number of hydrogen-bond donors (Lipinski definition) is 7. The van der Waals surface area contributed by atoms with Crippen molar-refractivity contribution in [2.45, 2.75) is 31.0 Å². The number of carboxylic acid groups (broad SMARTS) is 2. The third-order valence-corrected chi connectivity index (χ3v) is 4.23. The second kappa shape index (κ2) is 13.2. The molecule has 154 valence electrons. The van der Waals surface area contributed by atoms with E-state index in [4.69, 9.17) is 15.9 Å². The van der Waals surface area contributed by atoms with E-state index in [9.17, 15) is 24.0 Å². The lowest BCUT2D eigenvalue weighted by atomic mass is 10.1. The molecule has 0 rings (SSSR count). The molecule has 3 amide bonds. The van der Waals surface area contributed by atoms with Gasteiger partial charge >= 0.3 is 11.9 Å². The molecule has 0 fully saturated rings. The number of hydrogen-bond acceptors (Lipinski definition) is 8. The van der Waals surface area contributed by atoms with Crippen molar-refractivity contribution in [3.8, 4) is 0 Å². The molecule has 0 unspecified atom stereocenters. The second-order valence-corrected chi connectivity index (χ2v) is 6.76. The van der Waals surface area contributed by atoms with Crippen molar-refractivity contribution in [2.75, 3.05) is 24.3 Å². The molecule has 0 aromatic carbocycles. The van der Waals surface area contributed by atoms with Gasteiger partial charge in [-0.2, -0.15) is 24.4 Å². The number of nitrogens with one attached hydrogen (secondary N) is 3. The summed E-state index contributed by atoms with van der Waals surface area (Å²) in [6.45, 7) is -0.596. The number of amides is 3. The number of carboxylic acids is 2. The Hall–Kier alpha value is -1.99. The van der Waals surface area contributed by atoms with Crippen LogP contribution >= 0.6 is 24.4 Å². The highest BCUT2D eigenvalue weighted by atomic mass is 32.2. The third kappa shape index (κ3) is 10.7. The molecule has 0 aliphatic carbocycles. The number of carbonyl (C=O) groups is 5. The number of thioether (sulfide) groups is 1. The van der Waals surface area contributed by atoms with Crippen LogP contribution in [0, 0.1) is 0 Å². The van der Waals surface area contributed by atoms with Crippen LogP contribution in [0.4, 0.5) is 0 Å². The second-order valence-electron chi connectivity index (χ2n) is 5.41. The van der Waals surface area contributed by atoms with E-state index in [0.29, 0.717) is 12.2 Å². The zero-order valence-electron chi connectivity index (χ0n) is 14.6. The highest BCUT2D eigenvalue weighted by molar-refractivity contribution is 7.98. The minimum absolute atomic E-state index is 0.152. The maximum absolute atomic E-state index is 12.1. The Balaban J connectivity index is 4.73. The van der Waals surface area contributed by atoms with E-state index in [1.807, 2.05) is 6.26 Å². The Kier molecular flexibility index (Phi) is 12.2. The molecule has 0 aliphatic rings. The average molecular weight is 425 g/mol. The molecular formula is C14H24N4O7S2. The van der Waals surface area contributed by atoms with E-state index in [-0.39, 0.29) is 5.75 Å². The van der Waals surface area contributed by atoms with Gasteiger partial charge in [0.25, 0.3) is 0 Å². The van der Waals surface area contributed by atoms with E-state index in [1.165, 1.54) is 11.8 Å². The first-order valence-corrected chi connectivity index (χ1v) is 9.82. The number of nitrogens with two attached hydrogens (primary N) is 1. The Morgan fingerprint density at radius 3 is 2.19 bits per heavy atom.